The van der Waals surface area contributed by atoms with Crippen molar-refractivity contribution in [2.24, 2.45) is 0 Å². The molecule has 196 valence electrons. The number of aromatic nitrogens is 3. The molecular weight excluding hydrogens is 504 g/mol. The van der Waals surface area contributed by atoms with Crippen LogP contribution in [0.2, 0.25) is 0 Å². The summed E-state index contributed by atoms with van der Waals surface area (Å²) >= 11 is 1.21. The van der Waals surface area contributed by atoms with E-state index >= 15 is 0 Å². The summed E-state index contributed by atoms with van der Waals surface area (Å²) in [5.41, 5.74) is 3.47. The number of nitrogens with one attached hydrogen (secondary N) is 1. The first-order chi connectivity index (χ1) is 18.4. The molecule has 38 heavy (non-hydrogen) atoms. The Morgan fingerprint density at radius 3 is 1.84 bits per heavy atom. The highest BCUT2D eigenvalue weighted by molar-refractivity contribution is 8.00. The van der Waals surface area contributed by atoms with Gasteiger partial charge in [0, 0.05) is 17.2 Å². The molecule has 0 aliphatic heterocycles. The predicted octanol–water partition coefficient (Wildman–Crippen LogP) is 5.36. The zero-order valence-corrected chi connectivity index (χ0v) is 22.5. The molecule has 0 spiro atoms. The van der Waals surface area contributed by atoms with Crippen molar-refractivity contribution in [2.45, 2.75) is 17.3 Å². The van der Waals surface area contributed by atoms with Crippen molar-refractivity contribution in [1.82, 2.24) is 15.2 Å². The predicted molar refractivity (Wildman–Crippen MR) is 147 cm³/mol. The van der Waals surface area contributed by atoms with Crippen LogP contribution in [-0.2, 0) is 4.79 Å². The van der Waals surface area contributed by atoms with Gasteiger partial charge < -0.3 is 24.3 Å². The van der Waals surface area contributed by atoms with E-state index in [9.17, 15) is 4.79 Å². The highest BCUT2D eigenvalue weighted by Crippen LogP contribution is 2.33. The third-order valence-electron chi connectivity index (χ3n) is 5.71. The van der Waals surface area contributed by atoms with Gasteiger partial charge in [0.15, 0.2) is 0 Å². The number of hydrogen-bond donors (Lipinski definition) is 1. The van der Waals surface area contributed by atoms with Crippen molar-refractivity contribution in [3.05, 3.63) is 66.7 Å². The first kappa shape index (κ1) is 26.7. The number of amides is 1. The van der Waals surface area contributed by atoms with Crippen molar-refractivity contribution in [1.29, 1.82) is 0 Å². The normalized spacial score (nSPS) is 11.4. The third-order valence-corrected chi connectivity index (χ3v) is 6.66. The summed E-state index contributed by atoms with van der Waals surface area (Å²) in [6, 6.07) is 20.3. The van der Waals surface area contributed by atoms with Crippen LogP contribution in [-0.4, -0.2) is 54.8 Å². The van der Waals surface area contributed by atoms with Crippen LogP contribution in [0.15, 0.2) is 71.9 Å². The Hall–Kier alpha value is -4.31. The summed E-state index contributed by atoms with van der Waals surface area (Å²) in [7, 11) is 6.34. The lowest BCUT2D eigenvalue weighted by Gasteiger charge is -2.15. The van der Waals surface area contributed by atoms with Gasteiger partial charge in [0.05, 0.1) is 39.4 Å². The van der Waals surface area contributed by atoms with E-state index in [4.69, 9.17) is 23.9 Å². The maximum absolute atomic E-state index is 13.0. The molecule has 1 heterocycles. The quantitative estimate of drug-likeness (QED) is 0.270. The fraction of sp³-hybridized carbons (Fsp3) is 0.214. The minimum atomic E-state index is -0.515. The molecule has 10 heteroatoms. The van der Waals surface area contributed by atoms with Crippen LogP contribution in [0.3, 0.4) is 0 Å². The molecule has 1 N–H and O–H groups in total. The van der Waals surface area contributed by atoms with Crippen molar-refractivity contribution in [2.75, 3.05) is 33.8 Å². The number of anilines is 1. The Morgan fingerprint density at radius 1 is 0.737 bits per heavy atom. The third kappa shape index (κ3) is 6.15. The lowest BCUT2D eigenvalue weighted by atomic mass is 10.0. The van der Waals surface area contributed by atoms with Crippen LogP contribution in [0, 0.1) is 0 Å². The number of rotatable bonds is 10. The smallest absolute Gasteiger partial charge is 0.237 e. The minimum Gasteiger partial charge on any atom is -0.497 e. The molecule has 9 nitrogen and oxygen atoms in total. The van der Waals surface area contributed by atoms with E-state index in [-0.39, 0.29) is 5.91 Å². The maximum atomic E-state index is 13.0. The van der Waals surface area contributed by atoms with Gasteiger partial charge in [-0.1, -0.05) is 11.8 Å². The largest absolute Gasteiger partial charge is 0.497 e. The van der Waals surface area contributed by atoms with Crippen LogP contribution in [0.4, 0.5) is 5.69 Å². The molecule has 3 aromatic carbocycles. The van der Waals surface area contributed by atoms with Crippen molar-refractivity contribution in [3.63, 3.8) is 0 Å². The molecule has 0 aliphatic carbocycles. The van der Waals surface area contributed by atoms with Gasteiger partial charge in [-0.15, -0.1) is 10.2 Å². The Morgan fingerprint density at radius 2 is 1.29 bits per heavy atom. The monoisotopic (exact) mass is 532 g/mol. The molecule has 1 amide bonds. The van der Waals surface area contributed by atoms with Gasteiger partial charge in [-0.25, -0.2) is 4.98 Å². The molecule has 0 fully saturated rings. The van der Waals surface area contributed by atoms with Gasteiger partial charge in [0.2, 0.25) is 11.1 Å². The summed E-state index contributed by atoms with van der Waals surface area (Å²) in [6.45, 7) is 1.78. The molecule has 0 radical (unpaired) electrons. The Kier molecular flexibility index (Phi) is 8.65. The minimum absolute atomic E-state index is 0.229. The first-order valence-corrected chi connectivity index (χ1v) is 12.6. The van der Waals surface area contributed by atoms with Gasteiger partial charge in [-0.2, -0.15) is 0 Å². The van der Waals surface area contributed by atoms with Crippen LogP contribution in [0.5, 0.6) is 23.0 Å². The number of hydrogen-bond acceptors (Lipinski definition) is 9. The second-order valence-corrected chi connectivity index (χ2v) is 9.37. The molecule has 4 aromatic rings. The topological polar surface area (TPSA) is 105 Å². The SMILES string of the molecule is COc1ccc(-c2nnc(SC(C)C(=O)Nc3ccc(OC)cc3OC)nc2-c2ccc(OC)cc2)cc1. The van der Waals surface area contributed by atoms with E-state index < -0.39 is 5.25 Å². The summed E-state index contributed by atoms with van der Waals surface area (Å²) < 4.78 is 21.2. The summed E-state index contributed by atoms with van der Waals surface area (Å²) in [4.78, 5) is 17.8. The second-order valence-electron chi connectivity index (χ2n) is 8.06. The second kappa shape index (κ2) is 12.3. The van der Waals surface area contributed by atoms with Crippen molar-refractivity contribution in [3.8, 4) is 45.5 Å². The molecule has 1 atom stereocenters. The Balaban J connectivity index is 1.61. The molecule has 0 saturated heterocycles. The number of carbonyl (C=O) groups excluding carboxylic acids is 1. The van der Waals surface area contributed by atoms with Gasteiger partial charge >= 0.3 is 0 Å². The van der Waals surface area contributed by atoms with Crippen molar-refractivity contribution < 1.29 is 23.7 Å². The first-order valence-electron chi connectivity index (χ1n) is 11.7. The molecule has 4 rings (SSSR count). The molecule has 0 saturated carbocycles. The average molecular weight is 533 g/mol. The standard InChI is InChI=1S/C28H28N4O5S/c1-17(27(33)29-23-15-14-22(36-4)16-24(23)37-5)38-28-30-25(18-6-10-20(34-2)11-7-18)26(31-32-28)19-8-12-21(35-3)13-9-19/h6-17H,1-5H3,(H,29,33). The van der Waals surface area contributed by atoms with Gasteiger partial charge in [0.1, 0.15) is 34.4 Å². The van der Waals surface area contributed by atoms with E-state index in [1.807, 2.05) is 48.5 Å². The average Bonchev–Trinajstić information content (AvgIpc) is 2.97. The number of methoxy groups -OCH3 is 4. The van der Waals surface area contributed by atoms with E-state index in [0.717, 1.165) is 22.6 Å². The van der Waals surface area contributed by atoms with Crippen LogP contribution in [0.25, 0.3) is 22.5 Å². The number of thioether (sulfide) groups is 1. The van der Waals surface area contributed by atoms with E-state index in [2.05, 4.69) is 15.5 Å². The zero-order chi connectivity index (χ0) is 27.1. The number of carbonyl (C=O) groups is 1. The fourth-order valence-electron chi connectivity index (χ4n) is 3.60. The summed E-state index contributed by atoms with van der Waals surface area (Å²) in [5, 5.41) is 11.6. The van der Waals surface area contributed by atoms with E-state index in [1.54, 1.807) is 46.5 Å². The zero-order valence-electron chi connectivity index (χ0n) is 21.7. The molecule has 1 unspecified atom stereocenters. The number of benzene rings is 3. The summed E-state index contributed by atoms with van der Waals surface area (Å²) in [6.07, 6.45) is 0. The van der Waals surface area contributed by atoms with Crippen LogP contribution >= 0.6 is 11.8 Å². The number of ether oxygens (including phenoxy) is 4. The van der Waals surface area contributed by atoms with Crippen LogP contribution in [0.1, 0.15) is 6.92 Å². The Bertz CT molecular complexity index is 1400. The van der Waals surface area contributed by atoms with Gasteiger partial charge in [-0.3, -0.25) is 4.79 Å². The fourth-order valence-corrected chi connectivity index (χ4v) is 4.32. The lowest BCUT2D eigenvalue weighted by molar-refractivity contribution is -0.115. The van der Waals surface area contributed by atoms with Gasteiger partial charge in [0.25, 0.3) is 0 Å². The van der Waals surface area contributed by atoms with Crippen molar-refractivity contribution >= 4 is 23.4 Å². The molecular formula is C28H28N4O5S. The van der Waals surface area contributed by atoms with E-state index in [1.165, 1.54) is 18.9 Å². The van der Waals surface area contributed by atoms with Crippen LogP contribution < -0.4 is 24.3 Å². The van der Waals surface area contributed by atoms with Gasteiger partial charge in [-0.05, 0) is 67.6 Å². The maximum Gasteiger partial charge on any atom is 0.237 e. The summed E-state index contributed by atoms with van der Waals surface area (Å²) in [5.74, 6) is 2.37. The number of nitrogens with zero attached hydrogens (tertiary/aromatic N) is 3. The molecule has 0 aliphatic rings. The Labute approximate surface area is 225 Å². The highest BCUT2D eigenvalue weighted by Gasteiger charge is 2.21. The lowest BCUT2D eigenvalue weighted by Crippen LogP contribution is -2.23. The van der Waals surface area contributed by atoms with E-state index in [0.29, 0.717) is 33.7 Å². The molecule has 1 aromatic heterocycles. The molecule has 0 bridgehead atoms. The highest BCUT2D eigenvalue weighted by atomic mass is 32.2.